The molecule has 0 bridgehead atoms. The van der Waals surface area contributed by atoms with Crippen LogP contribution in [0.5, 0.6) is 5.75 Å². The van der Waals surface area contributed by atoms with E-state index in [0.717, 1.165) is 22.5 Å². The van der Waals surface area contributed by atoms with E-state index in [1.165, 1.54) is 5.56 Å². The molecule has 0 radical (unpaired) electrons. The number of thiocarbonyl (C=S) groups is 1. The monoisotopic (exact) mass is 371 g/mol. The van der Waals surface area contributed by atoms with Crippen LogP contribution in [0, 0.1) is 13.8 Å². The number of aryl methyl sites for hydroxylation is 1. The lowest BCUT2D eigenvalue weighted by Gasteiger charge is -2.12. The zero-order chi connectivity index (χ0) is 19.1. The van der Waals surface area contributed by atoms with E-state index < -0.39 is 5.97 Å². The normalized spacial score (nSPS) is 11.0. The molecule has 3 N–H and O–H groups in total. The van der Waals surface area contributed by atoms with Gasteiger partial charge in [-0.2, -0.15) is 5.10 Å². The van der Waals surface area contributed by atoms with Gasteiger partial charge in [0.15, 0.2) is 11.7 Å². The highest BCUT2D eigenvalue weighted by molar-refractivity contribution is 7.80. The van der Waals surface area contributed by atoms with Crippen LogP contribution in [0.25, 0.3) is 0 Å². The molecule has 26 heavy (non-hydrogen) atoms. The third kappa shape index (κ3) is 5.56. The second-order valence-electron chi connectivity index (χ2n) is 5.72. The Morgan fingerprint density at radius 3 is 2.54 bits per heavy atom. The summed E-state index contributed by atoms with van der Waals surface area (Å²) in [6.45, 7) is 5.55. The van der Waals surface area contributed by atoms with Crippen LogP contribution in [-0.2, 0) is 4.79 Å². The van der Waals surface area contributed by atoms with Crippen molar-refractivity contribution in [3.05, 3.63) is 59.2 Å². The Kier molecular flexibility index (Phi) is 6.68. The molecule has 6 nitrogen and oxygen atoms in total. The SMILES string of the molecule is C/C(=N/NC(=S)Nc1cccc(C)c1C)c1ccc(OCC(=O)O)cc1. The fourth-order valence-electron chi connectivity index (χ4n) is 2.17. The van der Waals surface area contributed by atoms with Gasteiger partial charge in [0.2, 0.25) is 0 Å². The lowest BCUT2D eigenvalue weighted by atomic mass is 10.1. The molecule has 7 heteroatoms. The van der Waals surface area contributed by atoms with Gasteiger partial charge in [0.1, 0.15) is 5.75 Å². The number of ether oxygens (including phenoxy) is 1. The van der Waals surface area contributed by atoms with Crippen molar-refractivity contribution in [1.82, 2.24) is 5.43 Å². The molecule has 2 rings (SSSR count). The van der Waals surface area contributed by atoms with Gasteiger partial charge in [0.05, 0.1) is 5.71 Å². The molecule has 0 aromatic heterocycles. The molecule has 2 aromatic rings. The number of nitrogens with one attached hydrogen (secondary N) is 2. The highest BCUT2D eigenvalue weighted by Gasteiger charge is 2.04. The van der Waals surface area contributed by atoms with E-state index in [4.69, 9.17) is 22.1 Å². The summed E-state index contributed by atoms with van der Waals surface area (Å²) in [5.41, 5.74) is 7.69. The number of hydrazone groups is 1. The Morgan fingerprint density at radius 2 is 1.88 bits per heavy atom. The quantitative estimate of drug-likeness (QED) is 0.410. The smallest absolute Gasteiger partial charge is 0.341 e. The number of carboxylic acid groups (broad SMARTS) is 1. The number of carboxylic acids is 1. The van der Waals surface area contributed by atoms with E-state index in [0.29, 0.717) is 10.9 Å². The van der Waals surface area contributed by atoms with Gasteiger partial charge in [-0.3, -0.25) is 5.43 Å². The summed E-state index contributed by atoms with van der Waals surface area (Å²) in [7, 11) is 0. The third-order valence-corrected chi connectivity index (χ3v) is 4.01. The third-order valence-electron chi connectivity index (χ3n) is 3.81. The van der Waals surface area contributed by atoms with Gasteiger partial charge in [0, 0.05) is 5.69 Å². The Balaban J connectivity index is 1.95. The van der Waals surface area contributed by atoms with E-state index in [1.54, 1.807) is 24.3 Å². The lowest BCUT2D eigenvalue weighted by molar-refractivity contribution is -0.139. The number of hydrogen-bond acceptors (Lipinski definition) is 4. The number of nitrogens with zero attached hydrogens (tertiary/aromatic N) is 1. The second-order valence-corrected chi connectivity index (χ2v) is 6.13. The molecule has 0 saturated carbocycles. The van der Waals surface area contributed by atoms with Gasteiger partial charge in [-0.25, -0.2) is 4.79 Å². The van der Waals surface area contributed by atoms with Gasteiger partial charge in [-0.15, -0.1) is 0 Å². The number of carbonyl (C=O) groups is 1. The summed E-state index contributed by atoms with van der Waals surface area (Å²) in [6, 6.07) is 13.0. The summed E-state index contributed by atoms with van der Waals surface area (Å²) < 4.78 is 5.10. The van der Waals surface area contributed by atoms with Crippen molar-refractivity contribution < 1.29 is 14.6 Å². The van der Waals surface area contributed by atoms with Crippen molar-refractivity contribution in [3.8, 4) is 5.75 Å². The highest BCUT2D eigenvalue weighted by atomic mass is 32.1. The average Bonchev–Trinajstić information content (AvgIpc) is 2.62. The Bertz CT molecular complexity index is 832. The maximum atomic E-state index is 10.5. The average molecular weight is 371 g/mol. The van der Waals surface area contributed by atoms with Gasteiger partial charge < -0.3 is 15.2 Å². The summed E-state index contributed by atoms with van der Waals surface area (Å²) in [6.07, 6.45) is 0. The zero-order valence-electron chi connectivity index (χ0n) is 14.9. The molecule has 0 fully saturated rings. The van der Waals surface area contributed by atoms with Crippen molar-refractivity contribution in [2.75, 3.05) is 11.9 Å². The topological polar surface area (TPSA) is 83.0 Å². The van der Waals surface area contributed by atoms with Crippen LogP contribution in [-0.4, -0.2) is 28.5 Å². The summed E-state index contributed by atoms with van der Waals surface area (Å²) in [5, 5.41) is 16.4. The second kappa shape index (κ2) is 8.96. The summed E-state index contributed by atoms with van der Waals surface area (Å²) in [5.74, 6) is -0.523. The predicted octanol–water partition coefficient (Wildman–Crippen LogP) is 3.48. The van der Waals surface area contributed by atoms with Crippen molar-refractivity contribution in [2.24, 2.45) is 5.10 Å². The standard InChI is InChI=1S/C19H21N3O3S/c1-12-5-4-6-17(13(12)2)20-19(26)22-21-14(3)15-7-9-16(10-8-15)25-11-18(23)24/h4-10H,11H2,1-3H3,(H,23,24)(H2,20,22,26)/b21-14-. The van der Waals surface area contributed by atoms with Crippen molar-refractivity contribution in [1.29, 1.82) is 0 Å². The molecule has 2 aromatic carbocycles. The molecular formula is C19H21N3O3S. The first-order chi connectivity index (χ1) is 12.4. The van der Waals surface area contributed by atoms with Crippen LogP contribution < -0.4 is 15.5 Å². The molecule has 0 atom stereocenters. The molecular weight excluding hydrogens is 350 g/mol. The number of rotatable bonds is 6. The van der Waals surface area contributed by atoms with E-state index in [9.17, 15) is 4.79 Å². The summed E-state index contributed by atoms with van der Waals surface area (Å²) >= 11 is 5.28. The molecule has 0 spiro atoms. The first kappa shape index (κ1) is 19.4. The number of anilines is 1. The van der Waals surface area contributed by atoms with E-state index in [2.05, 4.69) is 15.8 Å². The van der Waals surface area contributed by atoms with Crippen LogP contribution in [0.3, 0.4) is 0 Å². The maximum absolute atomic E-state index is 10.5. The zero-order valence-corrected chi connectivity index (χ0v) is 15.7. The molecule has 0 aliphatic rings. The first-order valence-electron chi connectivity index (χ1n) is 7.99. The number of aliphatic carboxylic acids is 1. The minimum absolute atomic E-state index is 0.369. The Morgan fingerprint density at radius 1 is 1.19 bits per heavy atom. The fraction of sp³-hybridized carbons (Fsp3) is 0.211. The van der Waals surface area contributed by atoms with Crippen LogP contribution >= 0.6 is 12.2 Å². The lowest BCUT2D eigenvalue weighted by Crippen LogP contribution is -2.25. The first-order valence-corrected chi connectivity index (χ1v) is 8.40. The van der Waals surface area contributed by atoms with E-state index >= 15 is 0 Å². The van der Waals surface area contributed by atoms with Gasteiger partial charge in [-0.1, -0.05) is 12.1 Å². The van der Waals surface area contributed by atoms with Crippen LogP contribution in [0.2, 0.25) is 0 Å². The maximum Gasteiger partial charge on any atom is 0.341 e. The van der Waals surface area contributed by atoms with Gasteiger partial charge >= 0.3 is 5.97 Å². The van der Waals surface area contributed by atoms with E-state index in [-0.39, 0.29) is 6.61 Å². The molecule has 136 valence electrons. The van der Waals surface area contributed by atoms with Crippen LogP contribution in [0.1, 0.15) is 23.6 Å². The molecule has 0 saturated heterocycles. The predicted molar refractivity (Wildman–Crippen MR) is 107 cm³/mol. The van der Waals surface area contributed by atoms with E-state index in [1.807, 2.05) is 39.0 Å². The van der Waals surface area contributed by atoms with Crippen molar-refractivity contribution in [2.45, 2.75) is 20.8 Å². The molecule has 0 heterocycles. The minimum Gasteiger partial charge on any atom is -0.482 e. The number of benzene rings is 2. The fourth-order valence-corrected chi connectivity index (χ4v) is 2.33. The largest absolute Gasteiger partial charge is 0.482 e. The van der Waals surface area contributed by atoms with Crippen molar-refractivity contribution >= 4 is 34.7 Å². The molecule has 0 amide bonds. The van der Waals surface area contributed by atoms with Gasteiger partial charge in [-0.05, 0) is 80.0 Å². The molecule has 0 unspecified atom stereocenters. The minimum atomic E-state index is -1.01. The van der Waals surface area contributed by atoms with Crippen LogP contribution in [0.4, 0.5) is 5.69 Å². The molecule has 0 aliphatic carbocycles. The number of hydrogen-bond donors (Lipinski definition) is 3. The highest BCUT2D eigenvalue weighted by Crippen LogP contribution is 2.17. The van der Waals surface area contributed by atoms with Gasteiger partial charge in [0.25, 0.3) is 0 Å². The van der Waals surface area contributed by atoms with Crippen molar-refractivity contribution in [3.63, 3.8) is 0 Å². The van der Waals surface area contributed by atoms with Crippen LogP contribution in [0.15, 0.2) is 47.6 Å². The Labute approximate surface area is 157 Å². The Hall–Kier alpha value is -2.93. The molecule has 0 aliphatic heterocycles. The summed E-state index contributed by atoms with van der Waals surface area (Å²) in [4.78, 5) is 10.5.